The first-order chi connectivity index (χ1) is 10.3. The molecule has 4 heterocycles. The van der Waals surface area contributed by atoms with Gasteiger partial charge in [0.15, 0.2) is 0 Å². The van der Waals surface area contributed by atoms with Crippen LogP contribution >= 0.6 is 0 Å². The first-order valence-corrected chi connectivity index (χ1v) is 7.07. The van der Waals surface area contributed by atoms with Crippen LogP contribution in [0.15, 0.2) is 18.7 Å². The minimum atomic E-state index is 0.556. The highest BCUT2D eigenvalue weighted by Gasteiger charge is 2.19. The van der Waals surface area contributed by atoms with Gasteiger partial charge in [-0.2, -0.15) is 14.6 Å². The zero-order valence-electron chi connectivity index (χ0n) is 11.8. The Morgan fingerprint density at radius 3 is 3.33 bits per heavy atom. The maximum Gasteiger partial charge on any atom is 0.254 e. The lowest BCUT2D eigenvalue weighted by Gasteiger charge is -2.23. The van der Waals surface area contributed by atoms with Crippen LogP contribution in [0.1, 0.15) is 17.9 Å². The van der Waals surface area contributed by atoms with Gasteiger partial charge in [-0.3, -0.25) is 0 Å². The topological polar surface area (TPSA) is 85.8 Å². The third-order valence-corrected chi connectivity index (χ3v) is 3.88. The molecule has 4 rings (SSSR count). The Labute approximate surface area is 121 Å². The van der Waals surface area contributed by atoms with Crippen molar-refractivity contribution in [3.05, 3.63) is 30.2 Å². The van der Waals surface area contributed by atoms with E-state index < -0.39 is 0 Å². The fourth-order valence-corrected chi connectivity index (χ4v) is 2.80. The van der Waals surface area contributed by atoms with Gasteiger partial charge in [0.2, 0.25) is 0 Å². The van der Waals surface area contributed by atoms with E-state index in [0.717, 1.165) is 43.3 Å². The molecule has 0 aliphatic carbocycles. The molecule has 108 valence electrons. The Bertz CT molecular complexity index is 773. The molecular weight excluding hydrogens is 268 g/mol. The SMILES string of the molecule is Cc1cc(NC[C@H]2CCc3nncn3C2)n2ncnc2n1. The zero-order chi connectivity index (χ0) is 14.2. The average Bonchev–Trinajstić information content (AvgIpc) is 3.12. The molecule has 1 aliphatic heterocycles. The van der Waals surface area contributed by atoms with Crippen molar-refractivity contribution in [2.75, 3.05) is 11.9 Å². The summed E-state index contributed by atoms with van der Waals surface area (Å²) in [5.74, 6) is 3.21. The van der Waals surface area contributed by atoms with E-state index in [1.165, 1.54) is 6.33 Å². The van der Waals surface area contributed by atoms with E-state index in [1.54, 1.807) is 4.52 Å². The van der Waals surface area contributed by atoms with E-state index in [9.17, 15) is 0 Å². The highest BCUT2D eigenvalue weighted by atomic mass is 15.4. The van der Waals surface area contributed by atoms with E-state index in [0.29, 0.717) is 11.7 Å². The fourth-order valence-electron chi connectivity index (χ4n) is 2.80. The third-order valence-electron chi connectivity index (χ3n) is 3.88. The van der Waals surface area contributed by atoms with Gasteiger partial charge in [0, 0.05) is 31.3 Å². The molecule has 0 amide bonds. The van der Waals surface area contributed by atoms with Crippen LogP contribution in [0.5, 0.6) is 0 Å². The highest BCUT2D eigenvalue weighted by Crippen LogP contribution is 2.19. The van der Waals surface area contributed by atoms with Crippen LogP contribution in [-0.2, 0) is 13.0 Å². The number of rotatable bonds is 3. The molecule has 8 nitrogen and oxygen atoms in total. The Morgan fingerprint density at radius 1 is 1.43 bits per heavy atom. The Balaban J connectivity index is 1.50. The molecule has 1 atom stereocenters. The van der Waals surface area contributed by atoms with Crippen molar-refractivity contribution in [2.24, 2.45) is 5.92 Å². The maximum atomic E-state index is 4.34. The second-order valence-electron chi connectivity index (χ2n) is 5.44. The molecule has 1 aliphatic rings. The van der Waals surface area contributed by atoms with Crippen LogP contribution in [0, 0.1) is 12.8 Å². The molecule has 0 bridgehead atoms. The van der Waals surface area contributed by atoms with Gasteiger partial charge in [0.05, 0.1) is 0 Å². The number of nitrogens with zero attached hydrogens (tertiary/aromatic N) is 7. The van der Waals surface area contributed by atoms with Gasteiger partial charge in [0.1, 0.15) is 24.3 Å². The molecule has 21 heavy (non-hydrogen) atoms. The molecule has 0 aromatic carbocycles. The lowest BCUT2D eigenvalue weighted by atomic mass is 9.99. The van der Waals surface area contributed by atoms with E-state index >= 15 is 0 Å². The molecule has 0 unspecified atom stereocenters. The number of hydrogen-bond acceptors (Lipinski definition) is 6. The summed E-state index contributed by atoms with van der Waals surface area (Å²) in [5.41, 5.74) is 0.933. The Kier molecular flexibility index (Phi) is 2.80. The summed E-state index contributed by atoms with van der Waals surface area (Å²) < 4.78 is 3.87. The maximum absolute atomic E-state index is 4.34. The minimum absolute atomic E-state index is 0.556. The second-order valence-corrected chi connectivity index (χ2v) is 5.44. The van der Waals surface area contributed by atoms with Crippen molar-refractivity contribution in [1.29, 1.82) is 0 Å². The summed E-state index contributed by atoms with van der Waals surface area (Å²) >= 11 is 0. The highest BCUT2D eigenvalue weighted by molar-refractivity contribution is 5.44. The van der Waals surface area contributed by atoms with Crippen molar-refractivity contribution in [3.8, 4) is 0 Å². The molecule has 8 heteroatoms. The molecule has 3 aromatic heterocycles. The largest absolute Gasteiger partial charge is 0.370 e. The lowest BCUT2D eigenvalue weighted by Crippen LogP contribution is -2.26. The van der Waals surface area contributed by atoms with Gasteiger partial charge in [-0.1, -0.05) is 0 Å². The smallest absolute Gasteiger partial charge is 0.254 e. The van der Waals surface area contributed by atoms with Crippen molar-refractivity contribution in [1.82, 2.24) is 34.3 Å². The van der Waals surface area contributed by atoms with E-state index in [-0.39, 0.29) is 0 Å². The van der Waals surface area contributed by atoms with Gasteiger partial charge in [-0.25, -0.2) is 4.98 Å². The average molecular weight is 284 g/mol. The van der Waals surface area contributed by atoms with Crippen LogP contribution in [0.25, 0.3) is 5.78 Å². The van der Waals surface area contributed by atoms with Crippen molar-refractivity contribution >= 4 is 11.6 Å². The van der Waals surface area contributed by atoms with Gasteiger partial charge in [-0.15, -0.1) is 10.2 Å². The number of aryl methyl sites for hydroxylation is 2. The molecule has 3 aromatic rings. The molecule has 0 fully saturated rings. The molecule has 0 spiro atoms. The monoisotopic (exact) mass is 284 g/mol. The first-order valence-electron chi connectivity index (χ1n) is 7.07. The molecule has 0 saturated carbocycles. The molecular formula is C13H16N8. The molecule has 1 N–H and O–H groups in total. The van der Waals surface area contributed by atoms with Crippen molar-refractivity contribution in [2.45, 2.75) is 26.3 Å². The summed E-state index contributed by atoms with van der Waals surface area (Å²) in [6.07, 6.45) is 5.45. The van der Waals surface area contributed by atoms with Gasteiger partial charge in [-0.05, 0) is 19.3 Å². The number of aromatic nitrogens is 7. The quantitative estimate of drug-likeness (QED) is 0.762. The van der Waals surface area contributed by atoms with Crippen LogP contribution < -0.4 is 5.32 Å². The lowest BCUT2D eigenvalue weighted by molar-refractivity contribution is 0.380. The van der Waals surface area contributed by atoms with Gasteiger partial charge in [0.25, 0.3) is 5.78 Å². The first kappa shape index (κ1) is 12.2. The predicted octanol–water partition coefficient (Wildman–Crippen LogP) is 0.699. The summed E-state index contributed by atoms with van der Waals surface area (Å²) in [5, 5.41) is 15.8. The van der Waals surface area contributed by atoms with E-state index in [1.807, 2.05) is 19.3 Å². The summed E-state index contributed by atoms with van der Waals surface area (Å²) in [4.78, 5) is 8.48. The third kappa shape index (κ3) is 2.22. The van der Waals surface area contributed by atoms with E-state index in [4.69, 9.17) is 0 Å². The number of hydrogen-bond donors (Lipinski definition) is 1. The van der Waals surface area contributed by atoms with E-state index in [2.05, 4.69) is 35.1 Å². The summed E-state index contributed by atoms with van der Waals surface area (Å²) in [6.45, 7) is 3.81. The van der Waals surface area contributed by atoms with Crippen molar-refractivity contribution in [3.63, 3.8) is 0 Å². The Morgan fingerprint density at radius 2 is 2.38 bits per heavy atom. The number of fused-ring (bicyclic) bond motifs is 2. The van der Waals surface area contributed by atoms with Crippen LogP contribution in [0.4, 0.5) is 5.82 Å². The Hall–Kier alpha value is -2.51. The minimum Gasteiger partial charge on any atom is -0.370 e. The van der Waals surface area contributed by atoms with Gasteiger partial charge >= 0.3 is 0 Å². The number of nitrogens with one attached hydrogen (secondary N) is 1. The molecule has 0 radical (unpaired) electrons. The summed E-state index contributed by atoms with van der Waals surface area (Å²) in [6, 6.07) is 1.99. The predicted molar refractivity (Wildman–Crippen MR) is 75.8 cm³/mol. The zero-order valence-corrected chi connectivity index (χ0v) is 11.8. The standard InChI is InChI=1S/C13H16N8/c1-9-4-12(21-13(18-9)15-7-17-21)14-5-10-2-3-11-19-16-8-20(11)6-10/h4,7-8,10,14H,2-3,5-6H2,1H3/t10-/m1/s1. The van der Waals surface area contributed by atoms with Crippen LogP contribution in [0.2, 0.25) is 0 Å². The second kappa shape index (κ2) is 4.80. The number of anilines is 1. The van der Waals surface area contributed by atoms with Gasteiger partial charge < -0.3 is 9.88 Å². The van der Waals surface area contributed by atoms with Crippen LogP contribution in [0.3, 0.4) is 0 Å². The van der Waals surface area contributed by atoms with Crippen molar-refractivity contribution < 1.29 is 0 Å². The fraction of sp³-hybridized carbons (Fsp3) is 0.462. The normalized spacial score (nSPS) is 17.9. The molecule has 0 saturated heterocycles. The summed E-state index contributed by atoms with van der Waals surface area (Å²) in [7, 11) is 0. The van der Waals surface area contributed by atoms with Crippen LogP contribution in [-0.4, -0.2) is 40.9 Å².